The third-order valence-electron chi connectivity index (χ3n) is 3.69. The minimum atomic E-state index is -0.524. The molecule has 6 nitrogen and oxygen atoms in total. The zero-order valence-corrected chi connectivity index (χ0v) is 14.0. The fourth-order valence-electron chi connectivity index (χ4n) is 2.19. The molecule has 1 rings (SSSR count). The highest BCUT2D eigenvalue weighted by molar-refractivity contribution is 5.77. The molecule has 0 aliphatic heterocycles. The van der Waals surface area contributed by atoms with E-state index in [4.69, 9.17) is 10.00 Å². The fraction of sp³-hybridized carbons (Fsp3) is 0.812. The smallest absolute Gasteiger partial charge is 0.407 e. The van der Waals surface area contributed by atoms with E-state index in [9.17, 15) is 9.59 Å². The monoisotopic (exact) mass is 309 g/mol. The molecule has 1 saturated carbocycles. The zero-order valence-electron chi connectivity index (χ0n) is 14.0. The highest BCUT2D eigenvalue weighted by Gasteiger charge is 2.44. The van der Waals surface area contributed by atoms with Crippen LogP contribution in [0.1, 0.15) is 59.8 Å². The van der Waals surface area contributed by atoms with Crippen molar-refractivity contribution in [3.8, 4) is 6.07 Å². The van der Waals surface area contributed by atoms with Gasteiger partial charge in [-0.1, -0.05) is 6.92 Å². The second-order valence-electron chi connectivity index (χ2n) is 7.07. The van der Waals surface area contributed by atoms with Gasteiger partial charge in [0, 0.05) is 19.0 Å². The Hall–Kier alpha value is -1.77. The largest absolute Gasteiger partial charge is 0.444 e. The fourth-order valence-corrected chi connectivity index (χ4v) is 2.19. The Labute approximate surface area is 132 Å². The summed E-state index contributed by atoms with van der Waals surface area (Å²) in [5.41, 5.74) is -0.671. The van der Waals surface area contributed by atoms with Crippen LogP contribution in [0.3, 0.4) is 0 Å². The molecule has 1 atom stereocenters. The molecule has 22 heavy (non-hydrogen) atoms. The third kappa shape index (κ3) is 6.79. The second kappa shape index (κ2) is 7.48. The van der Waals surface area contributed by atoms with E-state index in [-0.39, 0.29) is 17.4 Å². The number of nitrogens with zero attached hydrogens (tertiary/aromatic N) is 1. The van der Waals surface area contributed by atoms with Crippen LogP contribution in [0.4, 0.5) is 4.79 Å². The maximum absolute atomic E-state index is 12.1. The molecule has 6 heteroatoms. The molecule has 0 aromatic carbocycles. The quantitative estimate of drug-likeness (QED) is 0.756. The first kappa shape index (κ1) is 18.3. The van der Waals surface area contributed by atoms with Crippen LogP contribution in [0.5, 0.6) is 0 Å². The summed E-state index contributed by atoms with van der Waals surface area (Å²) in [6.07, 6.45) is 2.84. The molecule has 0 aromatic heterocycles. The number of rotatable bonds is 7. The van der Waals surface area contributed by atoms with E-state index < -0.39 is 11.7 Å². The van der Waals surface area contributed by atoms with Gasteiger partial charge in [0.05, 0.1) is 12.5 Å². The highest BCUT2D eigenvalue weighted by atomic mass is 16.6. The van der Waals surface area contributed by atoms with Crippen LogP contribution in [-0.4, -0.2) is 30.2 Å². The molecule has 0 spiro atoms. The van der Waals surface area contributed by atoms with E-state index in [2.05, 4.69) is 16.7 Å². The zero-order chi connectivity index (χ0) is 16.8. The van der Waals surface area contributed by atoms with Gasteiger partial charge in [-0.3, -0.25) is 4.79 Å². The molecule has 0 saturated heterocycles. The van der Waals surface area contributed by atoms with Gasteiger partial charge < -0.3 is 15.4 Å². The van der Waals surface area contributed by atoms with E-state index in [0.717, 1.165) is 19.3 Å². The average Bonchev–Trinajstić information content (AvgIpc) is 3.14. The van der Waals surface area contributed by atoms with E-state index in [0.29, 0.717) is 19.4 Å². The summed E-state index contributed by atoms with van der Waals surface area (Å²) < 4.78 is 5.19. The van der Waals surface area contributed by atoms with Crippen LogP contribution in [0.2, 0.25) is 0 Å². The molecule has 1 aliphatic carbocycles. The number of alkyl carbamates (subject to hydrolysis) is 1. The number of carbonyl (C=O) groups is 2. The van der Waals surface area contributed by atoms with Gasteiger partial charge in [0.1, 0.15) is 5.60 Å². The summed E-state index contributed by atoms with van der Waals surface area (Å²) in [6, 6.07) is 1.99. The molecule has 124 valence electrons. The molecule has 2 N–H and O–H groups in total. The van der Waals surface area contributed by atoms with Gasteiger partial charge in [0.25, 0.3) is 0 Å². The standard InChI is InChI=1S/C16H27N3O3/c1-5-12(6-9-17)19-13(20)10-16(7-8-16)11-18-14(21)22-15(2,3)4/h12H,5-8,10-11H2,1-4H3,(H,18,21)(H,19,20). The summed E-state index contributed by atoms with van der Waals surface area (Å²) in [5, 5.41) is 14.3. The van der Waals surface area contributed by atoms with Crippen LogP contribution in [0, 0.1) is 16.7 Å². The van der Waals surface area contributed by atoms with E-state index in [1.54, 1.807) is 0 Å². The normalized spacial score (nSPS) is 17.0. The van der Waals surface area contributed by atoms with Crippen molar-refractivity contribution >= 4 is 12.0 Å². The summed E-state index contributed by atoms with van der Waals surface area (Å²) in [5.74, 6) is -0.0504. The van der Waals surface area contributed by atoms with E-state index in [1.807, 2.05) is 27.7 Å². The number of nitrogens with one attached hydrogen (secondary N) is 2. The van der Waals surface area contributed by atoms with Crippen molar-refractivity contribution < 1.29 is 14.3 Å². The number of amides is 2. The van der Waals surface area contributed by atoms with Crippen LogP contribution >= 0.6 is 0 Å². The van der Waals surface area contributed by atoms with Gasteiger partial charge in [-0.2, -0.15) is 5.26 Å². The lowest BCUT2D eigenvalue weighted by molar-refractivity contribution is -0.123. The lowest BCUT2D eigenvalue weighted by Crippen LogP contribution is -2.39. The Balaban J connectivity index is 2.37. The van der Waals surface area contributed by atoms with Crippen molar-refractivity contribution in [1.29, 1.82) is 5.26 Å². The minimum absolute atomic E-state index is 0.0504. The Morgan fingerprint density at radius 3 is 2.45 bits per heavy atom. The van der Waals surface area contributed by atoms with Crippen molar-refractivity contribution in [3.63, 3.8) is 0 Å². The van der Waals surface area contributed by atoms with Gasteiger partial charge in [-0.15, -0.1) is 0 Å². The lowest BCUT2D eigenvalue weighted by Gasteiger charge is -2.22. The predicted octanol–water partition coefficient (Wildman–Crippen LogP) is 2.49. The van der Waals surface area contributed by atoms with E-state index >= 15 is 0 Å². The SMILES string of the molecule is CCC(CC#N)NC(=O)CC1(CNC(=O)OC(C)(C)C)CC1. The first-order valence-corrected chi connectivity index (χ1v) is 7.83. The van der Waals surface area contributed by atoms with E-state index in [1.165, 1.54) is 0 Å². The minimum Gasteiger partial charge on any atom is -0.444 e. The second-order valence-corrected chi connectivity index (χ2v) is 7.07. The number of carbonyl (C=O) groups excluding carboxylic acids is 2. The first-order chi connectivity index (χ1) is 10.2. The number of ether oxygens (including phenoxy) is 1. The molecule has 1 unspecified atom stereocenters. The molecule has 1 fully saturated rings. The molecular weight excluding hydrogens is 282 g/mol. The van der Waals surface area contributed by atoms with Gasteiger partial charge in [0.2, 0.25) is 5.91 Å². The molecular formula is C16H27N3O3. The summed E-state index contributed by atoms with van der Waals surface area (Å²) in [7, 11) is 0. The van der Waals surface area contributed by atoms with Crippen LogP contribution in [0.25, 0.3) is 0 Å². The van der Waals surface area contributed by atoms with Gasteiger partial charge >= 0.3 is 6.09 Å². The van der Waals surface area contributed by atoms with Crippen LogP contribution in [0.15, 0.2) is 0 Å². The van der Waals surface area contributed by atoms with Crippen molar-refractivity contribution in [2.75, 3.05) is 6.54 Å². The average molecular weight is 309 g/mol. The Morgan fingerprint density at radius 2 is 2.00 bits per heavy atom. The summed E-state index contributed by atoms with van der Waals surface area (Å²) in [4.78, 5) is 23.7. The first-order valence-electron chi connectivity index (χ1n) is 7.83. The molecule has 1 aliphatic rings. The Morgan fingerprint density at radius 1 is 1.36 bits per heavy atom. The Kier molecular flexibility index (Phi) is 6.21. The van der Waals surface area contributed by atoms with Gasteiger partial charge in [0.15, 0.2) is 0 Å². The Bertz CT molecular complexity index is 445. The van der Waals surface area contributed by atoms with Gasteiger partial charge in [-0.05, 0) is 45.4 Å². The van der Waals surface area contributed by atoms with Crippen molar-refractivity contribution in [3.05, 3.63) is 0 Å². The number of hydrogen-bond donors (Lipinski definition) is 2. The van der Waals surface area contributed by atoms with Gasteiger partial charge in [-0.25, -0.2) is 4.79 Å². The van der Waals surface area contributed by atoms with Crippen LogP contribution in [-0.2, 0) is 9.53 Å². The third-order valence-corrected chi connectivity index (χ3v) is 3.69. The summed E-state index contributed by atoms with van der Waals surface area (Å²) in [6.45, 7) is 7.83. The van der Waals surface area contributed by atoms with Crippen molar-refractivity contribution in [2.45, 2.75) is 71.4 Å². The molecule has 2 amide bonds. The maximum Gasteiger partial charge on any atom is 0.407 e. The number of nitriles is 1. The summed E-state index contributed by atoms with van der Waals surface area (Å²) >= 11 is 0. The lowest BCUT2D eigenvalue weighted by atomic mass is 10.0. The maximum atomic E-state index is 12.1. The predicted molar refractivity (Wildman–Crippen MR) is 83.0 cm³/mol. The molecule has 0 bridgehead atoms. The van der Waals surface area contributed by atoms with Crippen LogP contribution < -0.4 is 10.6 Å². The number of hydrogen-bond acceptors (Lipinski definition) is 4. The highest BCUT2D eigenvalue weighted by Crippen LogP contribution is 2.48. The molecule has 0 radical (unpaired) electrons. The van der Waals surface area contributed by atoms with Crippen molar-refractivity contribution in [1.82, 2.24) is 10.6 Å². The molecule has 0 aromatic rings. The van der Waals surface area contributed by atoms with Crippen molar-refractivity contribution in [2.24, 2.45) is 5.41 Å². The topological polar surface area (TPSA) is 91.2 Å². The molecule has 0 heterocycles.